The lowest BCUT2D eigenvalue weighted by Crippen LogP contribution is -2.19. The van der Waals surface area contributed by atoms with E-state index in [1.807, 2.05) is 0 Å². The largest absolute Gasteiger partial charge is 0.412 e. The predicted molar refractivity (Wildman–Crippen MR) is 72.7 cm³/mol. The molecule has 0 aliphatic heterocycles. The smallest absolute Gasteiger partial charge is 0.196 e. The summed E-state index contributed by atoms with van der Waals surface area (Å²) < 4.78 is 0. The maximum absolute atomic E-state index is 5.64. The topological polar surface area (TPSA) is 191 Å². The van der Waals surface area contributed by atoms with Crippen molar-refractivity contribution >= 4 is 11.7 Å². The summed E-state index contributed by atoms with van der Waals surface area (Å²) in [6.45, 7) is 0. The average molecular weight is 278 g/mol. The molecule has 0 aliphatic carbocycles. The van der Waals surface area contributed by atoms with Crippen LogP contribution in [0.1, 0.15) is 11.6 Å². The van der Waals surface area contributed by atoms with Crippen LogP contribution in [0.2, 0.25) is 0 Å². The van der Waals surface area contributed by atoms with Crippen LogP contribution in [0.5, 0.6) is 0 Å². The van der Waals surface area contributed by atoms with Crippen LogP contribution < -0.4 is 11.5 Å². The van der Waals surface area contributed by atoms with Gasteiger partial charge in [0.05, 0.1) is 0 Å². The molecule has 0 atom stereocenters. The van der Waals surface area contributed by atoms with Crippen molar-refractivity contribution in [1.29, 1.82) is 0 Å². The Hall–Kier alpha value is -2.98. The van der Waals surface area contributed by atoms with E-state index in [0.717, 1.165) is 0 Å². The molecule has 20 heavy (non-hydrogen) atoms. The van der Waals surface area contributed by atoms with Crippen molar-refractivity contribution in [3.8, 4) is 0 Å². The van der Waals surface area contributed by atoms with Crippen molar-refractivity contribution in [2.24, 2.45) is 21.7 Å². The SMILES string of the molecule is N/C(=N\N=C(/N)c1ncccn1)c1ncccn1.O.O. The number of rotatable bonds is 3. The van der Waals surface area contributed by atoms with Crippen LogP contribution in [0.3, 0.4) is 0 Å². The summed E-state index contributed by atoms with van der Waals surface area (Å²) in [5, 5.41) is 7.45. The molecule has 2 aromatic heterocycles. The summed E-state index contributed by atoms with van der Waals surface area (Å²) in [6.07, 6.45) is 6.21. The lowest BCUT2D eigenvalue weighted by atomic mass is 10.5. The van der Waals surface area contributed by atoms with E-state index in [9.17, 15) is 0 Å². The van der Waals surface area contributed by atoms with Gasteiger partial charge < -0.3 is 22.4 Å². The minimum atomic E-state index is 0. The first-order valence-electron chi connectivity index (χ1n) is 4.99. The van der Waals surface area contributed by atoms with E-state index in [0.29, 0.717) is 0 Å². The average Bonchev–Trinajstić information content (AvgIpc) is 2.46. The van der Waals surface area contributed by atoms with E-state index in [-0.39, 0.29) is 34.3 Å². The van der Waals surface area contributed by atoms with Crippen molar-refractivity contribution < 1.29 is 11.0 Å². The summed E-state index contributed by atoms with van der Waals surface area (Å²) in [5.74, 6) is 0.690. The third kappa shape index (κ3) is 4.36. The molecule has 2 heterocycles. The summed E-state index contributed by atoms with van der Waals surface area (Å²) in [4.78, 5) is 15.7. The highest BCUT2D eigenvalue weighted by Crippen LogP contribution is 1.91. The molecule has 0 fully saturated rings. The van der Waals surface area contributed by atoms with Gasteiger partial charge in [0.15, 0.2) is 23.3 Å². The van der Waals surface area contributed by atoms with Gasteiger partial charge in [-0.05, 0) is 12.1 Å². The fraction of sp³-hybridized carbons (Fsp3) is 0. The van der Waals surface area contributed by atoms with Crippen molar-refractivity contribution in [3.63, 3.8) is 0 Å². The molecule has 0 saturated heterocycles. The molecule has 0 spiro atoms. The molecule has 0 unspecified atom stereocenters. The zero-order valence-electron chi connectivity index (χ0n) is 10.3. The van der Waals surface area contributed by atoms with Crippen LogP contribution in [0, 0.1) is 0 Å². The molecule has 0 aromatic carbocycles. The first-order chi connectivity index (χ1) is 8.77. The van der Waals surface area contributed by atoms with Gasteiger partial charge in [0.2, 0.25) is 0 Å². The summed E-state index contributed by atoms with van der Waals surface area (Å²) in [6, 6.07) is 3.35. The lowest BCUT2D eigenvalue weighted by molar-refractivity contribution is 0.823. The van der Waals surface area contributed by atoms with Gasteiger partial charge in [0, 0.05) is 24.8 Å². The van der Waals surface area contributed by atoms with E-state index >= 15 is 0 Å². The highest BCUT2D eigenvalue weighted by atomic mass is 16.0. The van der Waals surface area contributed by atoms with Gasteiger partial charge in [-0.1, -0.05) is 0 Å². The van der Waals surface area contributed by atoms with E-state index in [1.54, 1.807) is 36.9 Å². The van der Waals surface area contributed by atoms with Crippen LogP contribution in [0.4, 0.5) is 0 Å². The predicted octanol–water partition coefficient (Wildman–Crippen LogP) is -2.36. The number of hydrogen-bond donors (Lipinski definition) is 2. The maximum Gasteiger partial charge on any atom is 0.196 e. The molecule has 10 nitrogen and oxygen atoms in total. The molecular weight excluding hydrogens is 264 g/mol. The third-order valence-corrected chi connectivity index (χ3v) is 1.86. The highest BCUT2D eigenvalue weighted by molar-refractivity contribution is 5.97. The monoisotopic (exact) mass is 278 g/mol. The highest BCUT2D eigenvalue weighted by Gasteiger charge is 2.02. The molecule has 0 aliphatic rings. The standard InChI is InChI=1S/C10H10N8.2H2O/c11-7(9-13-3-1-4-14-9)17-18-8(12)10-15-5-2-6-16-10;;/h1-6H,(H2,11,17)(H2,12,18);2*1H2. The number of nitrogens with two attached hydrogens (primary N) is 2. The lowest BCUT2D eigenvalue weighted by Gasteiger charge is -1.97. The zero-order chi connectivity index (χ0) is 12.8. The molecule has 2 rings (SSSR count). The number of aromatic nitrogens is 4. The Morgan fingerprint density at radius 3 is 1.30 bits per heavy atom. The second-order valence-corrected chi connectivity index (χ2v) is 3.12. The van der Waals surface area contributed by atoms with Gasteiger partial charge in [-0.25, -0.2) is 19.9 Å². The molecule has 0 radical (unpaired) electrons. The van der Waals surface area contributed by atoms with Crippen LogP contribution in [-0.4, -0.2) is 42.6 Å². The molecule has 2 aromatic rings. The van der Waals surface area contributed by atoms with E-state index in [4.69, 9.17) is 11.5 Å². The quantitative estimate of drug-likeness (QED) is 0.358. The molecule has 10 heteroatoms. The summed E-state index contributed by atoms with van der Waals surface area (Å²) in [7, 11) is 0. The Kier molecular flexibility index (Phi) is 6.96. The first kappa shape index (κ1) is 17.0. The van der Waals surface area contributed by atoms with Crippen molar-refractivity contribution in [1.82, 2.24) is 19.9 Å². The van der Waals surface area contributed by atoms with E-state index in [1.165, 1.54) is 0 Å². The molecular formula is C10H14N8O2. The minimum absolute atomic E-state index is 0. The van der Waals surface area contributed by atoms with E-state index < -0.39 is 0 Å². The Morgan fingerprint density at radius 2 is 1.00 bits per heavy atom. The third-order valence-electron chi connectivity index (χ3n) is 1.86. The number of hydrogen-bond acceptors (Lipinski definition) is 6. The van der Waals surface area contributed by atoms with Gasteiger partial charge in [0.25, 0.3) is 0 Å². The first-order valence-corrected chi connectivity index (χ1v) is 4.99. The molecule has 0 amide bonds. The molecule has 0 bridgehead atoms. The number of nitrogens with zero attached hydrogens (tertiary/aromatic N) is 6. The Balaban J connectivity index is 0.00000180. The van der Waals surface area contributed by atoms with Crippen LogP contribution in [0.25, 0.3) is 0 Å². The second-order valence-electron chi connectivity index (χ2n) is 3.12. The fourth-order valence-corrected chi connectivity index (χ4v) is 1.06. The zero-order valence-corrected chi connectivity index (χ0v) is 10.3. The minimum Gasteiger partial charge on any atom is -0.412 e. The normalized spacial score (nSPS) is 11.2. The van der Waals surface area contributed by atoms with Crippen LogP contribution in [0.15, 0.2) is 47.1 Å². The van der Waals surface area contributed by atoms with Crippen molar-refractivity contribution in [2.75, 3.05) is 0 Å². The van der Waals surface area contributed by atoms with E-state index in [2.05, 4.69) is 30.1 Å². The number of amidine groups is 2. The van der Waals surface area contributed by atoms with Crippen molar-refractivity contribution in [2.45, 2.75) is 0 Å². The summed E-state index contributed by atoms with van der Waals surface area (Å²) in [5.41, 5.74) is 11.3. The maximum atomic E-state index is 5.64. The van der Waals surface area contributed by atoms with Crippen LogP contribution in [-0.2, 0) is 0 Å². The fourth-order valence-electron chi connectivity index (χ4n) is 1.06. The van der Waals surface area contributed by atoms with Gasteiger partial charge in [-0.2, -0.15) is 0 Å². The second kappa shape index (κ2) is 8.18. The molecule has 106 valence electrons. The summed E-state index contributed by atoms with van der Waals surface area (Å²) >= 11 is 0. The Morgan fingerprint density at radius 1 is 0.700 bits per heavy atom. The molecule has 0 saturated carbocycles. The van der Waals surface area contributed by atoms with Gasteiger partial charge in [0.1, 0.15) is 0 Å². The van der Waals surface area contributed by atoms with Crippen LogP contribution >= 0.6 is 0 Å². The molecule has 8 N–H and O–H groups in total. The van der Waals surface area contributed by atoms with Gasteiger partial charge in [-0.3, -0.25) is 0 Å². The van der Waals surface area contributed by atoms with Gasteiger partial charge >= 0.3 is 0 Å². The van der Waals surface area contributed by atoms with Crippen molar-refractivity contribution in [3.05, 3.63) is 48.6 Å². The van der Waals surface area contributed by atoms with Gasteiger partial charge in [-0.15, -0.1) is 10.2 Å². The Labute approximate surface area is 113 Å². The Bertz CT molecular complexity index is 519.